The largest absolute Gasteiger partial charge is 0.494 e. The monoisotopic (exact) mass is 786 g/mol. The number of aryl methyl sites for hydroxylation is 2. The quantitative estimate of drug-likeness (QED) is 0.176. The number of nitrogens with zero attached hydrogens (tertiary/aromatic N) is 6. The Hall–Kier alpha value is -5.51. The normalized spacial score (nSPS) is 21.3. The van der Waals surface area contributed by atoms with Crippen molar-refractivity contribution >= 4 is 45.3 Å². The van der Waals surface area contributed by atoms with Crippen molar-refractivity contribution in [3.05, 3.63) is 81.7 Å². The van der Waals surface area contributed by atoms with E-state index in [0.29, 0.717) is 29.3 Å². The minimum absolute atomic E-state index is 0.203. The number of alkyl halides is 3. The number of imidazole rings is 1. The Kier molecular flexibility index (Phi) is 10.2. The van der Waals surface area contributed by atoms with Crippen molar-refractivity contribution in [3.8, 4) is 5.75 Å². The maximum absolute atomic E-state index is 13.5. The molecule has 3 aliphatic rings. The molecular formula is C41H45F3N8O5. The maximum Gasteiger partial charge on any atom is 0.433 e. The summed E-state index contributed by atoms with van der Waals surface area (Å²) in [6.07, 6.45) is 3.77. The van der Waals surface area contributed by atoms with Crippen molar-refractivity contribution in [1.29, 1.82) is 0 Å². The van der Waals surface area contributed by atoms with Crippen LogP contribution in [0.1, 0.15) is 96.7 Å². The number of rotatable bonds is 8. The first-order valence-electron chi connectivity index (χ1n) is 19.5. The Morgan fingerprint density at radius 1 is 1.00 bits per heavy atom. The van der Waals surface area contributed by atoms with E-state index in [1.54, 1.807) is 28.3 Å². The number of hydrogen-bond donors (Lipinski definition) is 2. The van der Waals surface area contributed by atoms with Gasteiger partial charge in [0.05, 0.1) is 35.4 Å². The molecule has 2 saturated heterocycles. The summed E-state index contributed by atoms with van der Waals surface area (Å²) in [4.78, 5) is 57.1. The van der Waals surface area contributed by atoms with Crippen LogP contribution < -0.4 is 21.1 Å². The molecule has 57 heavy (non-hydrogen) atoms. The van der Waals surface area contributed by atoms with Gasteiger partial charge in [-0.1, -0.05) is 12.1 Å². The summed E-state index contributed by atoms with van der Waals surface area (Å²) >= 11 is 0. The van der Waals surface area contributed by atoms with Crippen molar-refractivity contribution in [3.63, 3.8) is 0 Å². The van der Waals surface area contributed by atoms with Gasteiger partial charge >= 0.3 is 11.9 Å². The number of amides is 3. The fraction of sp³-hybridized carbons (Fsp3) is 0.463. The summed E-state index contributed by atoms with van der Waals surface area (Å²) < 4.78 is 50.3. The van der Waals surface area contributed by atoms with E-state index in [4.69, 9.17) is 9.84 Å². The Bertz CT molecular complexity index is 2440. The predicted molar refractivity (Wildman–Crippen MR) is 206 cm³/mol. The molecule has 3 fully saturated rings. The number of aromatic nitrogens is 5. The van der Waals surface area contributed by atoms with Crippen molar-refractivity contribution in [1.82, 2.24) is 34.1 Å². The minimum Gasteiger partial charge on any atom is -0.494 e. The zero-order chi connectivity index (χ0) is 40.2. The number of imide groups is 1. The van der Waals surface area contributed by atoms with Crippen LogP contribution in [0.2, 0.25) is 0 Å². The van der Waals surface area contributed by atoms with Crippen LogP contribution in [0.15, 0.2) is 53.5 Å². The maximum atomic E-state index is 13.5. The van der Waals surface area contributed by atoms with Gasteiger partial charge in [-0.2, -0.15) is 18.3 Å². The molecule has 3 aromatic heterocycles. The molecule has 5 aromatic rings. The second-order valence-corrected chi connectivity index (χ2v) is 15.7. The lowest BCUT2D eigenvalue weighted by Gasteiger charge is -2.37. The van der Waals surface area contributed by atoms with Crippen LogP contribution in [0.4, 0.5) is 18.9 Å². The number of ether oxygens (including phenoxy) is 1. The van der Waals surface area contributed by atoms with E-state index in [0.717, 1.165) is 97.8 Å². The highest BCUT2D eigenvalue weighted by Crippen LogP contribution is 2.38. The van der Waals surface area contributed by atoms with Crippen molar-refractivity contribution in [2.24, 2.45) is 13.0 Å². The number of pyridine rings is 1. The predicted octanol–water partition coefficient (Wildman–Crippen LogP) is 6.26. The van der Waals surface area contributed by atoms with E-state index in [1.807, 2.05) is 23.9 Å². The Morgan fingerprint density at radius 3 is 2.46 bits per heavy atom. The highest BCUT2D eigenvalue weighted by molar-refractivity contribution is 6.05. The van der Waals surface area contributed by atoms with Crippen LogP contribution in [-0.2, 0) is 22.8 Å². The van der Waals surface area contributed by atoms with Crippen LogP contribution in [0, 0.1) is 12.8 Å². The van der Waals surface area contributed by atoms with Crippen molar-refractivity contribution < 1.29 is 32.3 Å². The first-order chi connectivity index (χ1) is 27.3. The first-order valence-corrected chi connectivity index (χ1v) is 19.5. The SMILES string of the molecule is COc1cc2nn(C3CCC(CN4CCC(c5cc(C)cc6c5n(C)c(=O)n6C5CCC(=O)NC5=O)CC4)CC3)cc2cc1NC(=O)c1cccc(C(F)(F)F)n1. The molecule has 2 aromatic carbocycles. The summed E-state index contributed by atoms with van der Waals surface area (Å²) in [6, 6.07) is 10.3. The van der Waals surface area contributed by atoms with E-state index >= 15 is 0 Å². The molecule has 0 spiro atoms. The molecule has 1 saturated carbocycles. The van der Waals surface area contributed by atoms with Gasteiger partial charge in [-0.3, -0.25) is 33.5 Å². The Morgan fingerprint density at radius 2 is 1.75 bits per heavy atom. The summed E-state index contributed by atoms with van der Waals surface area (Å²) in [5.41, 5.74) is 3.03. The zero-order valence-corrected chi connectivity index (χ0v) is 32.1. The topological polar surface area (TPSA) is 145 Å². The molecule has 0 radical (unpaired) electrons. The van der Waals surface area contributed by atoms with Crippen LogP contribution in [-0.4, -0.2) is 73.3 Å². The van der Waals surface area contributed by atoms with E-state index in [-0.39, 0.29) is 35.7 Å². The molecule has 1 aliphatic carbocycles. The molecule has 3 amide bonds. The van der Waals surface area contributed by atoms with Gasteiger partial charge in [0.2, 0.25) is 11.8 Å². The van der Waals surface area contributed by atoms with Crippen molar-refractivity contribution in [2.45, 2.75) is 82.5 Å². The summed E-state index contributed by atoms with van der Waals surface area (Å²) in [5.74, 6) is -0.348. The highest BCUT2D eigenvalue weighted by Gasteiger charge is 2.35. The molecule has 8 rings (SSSR count). The number of nitrogens with one attached hydrogen (secondary N) is 2. The fourth-order valence-corrected chi connectivity index (χ4v) is 9.05. The molecule has 300 valence electrons. The average molecular weight is 787 g/mol. The molecule has 2 N–H and O–H groups in total. The van der Waals surface area contributed by atoms with Gasteiger partial charge in [0.15, 0.2) is 0 Å². The van der Waals surface area contributed by atoms with Gasteiger partial charge in [0.25, 0.3) is 5.91 Å². The van der Waals surface area contributed by atoms with Crippen LogP contribution in [0.5, 0.6) is 5.75 Å². The number of carbonyl (C=O) groups is 3. The third-order valence-corrected chi connectivity index (χ3v) is 12.0. The van der Waals surface area contributed by atoms with Gasteiger partial charge in [-0.25, -0.2) is 9.78 Å². The summed E-state index contributed by atoms with van der Waals surface area (Å²) in [5, 5.41) is 10.7. The van der Waals surface area contributed by atoms with Gasteiger partial charge in [0.1, 0.15) is 23.2 Å². The van der Waals surface area contributed by atoms with Gasteiger partial charge in [-0.15, -0.1) is 0 Å². The lowest BCUT2D eigenvalue weighted by atomic mass is 9.84. The highest BCUT2D eigenvalue weighted by atomic mass is 19.4. The summed E-state index contributed by atoms with van der Waals surface area (Å²) in [6.45, 7) is 4.95. The van der Waals surface area contributed by atoms with Crippen LogP contribution in [0.25, 0.3) is 21.9 Å². The summed E-state index contributed by atoms with van der Waals surface area (Å²) in [7, 11) is 3.22. The molecule has 5 heterocycles. The minimum atomic E-state index is -4.67. The van der Waals surface area contributed by atoms with Gasteiger partial charge in [0, 0.05) is 37.7 Å². The lowest BCUT2D eigenvalue weighted by molar-refractivity contribution is -0.141. The van der Waals surface area contributed by atoms with Gasteiger partial charge < -0.3 is 15.0 Å². The first kappa shape index (κ1) is 38.4. The van der Waals surface area contributed by atoms with Crippen LogP contribution >= 0.6 is 0 Å². The molecular weight excluding hydrogens is 741 g/mol. The number of halogens is 3. The number of likely N-dealkylation sites (tertiary alicyclic amines) is 1. The molecule has 13 nitrogen and oxygen atoms in total. The Labute approximate surface area is 326 Å². The third kappa shape index (κ3) is 7.54. The number of hydrogen-bond acceptors (Lipinski definition) is 8. The molecule has 16 heteroatoms. The van der Waals surface area contributed by atoms with Gasteiger partial charge in [-0.05, 0) is 112 Å². The molecule has 2 aliphatic heterocycles. The number of methoxy groups -OCH3 is 1. The number of anilines is 1. The number of benzene rings is 2. The van der Waals surface area contributed by atoms with E-state index < -0.39 is 29.7 Å². The van der Waals surface area contributed by atoms with Crippen LogP contribution in [0.3, 0.4) is 0 Å². The number of fused-ring (bicyclic) bond motifs is 2. The van der Waals surface area contributed by atoms with Crippen molar-refractivity contribution in [2.75, 3.05) is 32.1 Å². The standard InChI is InChI=1S/C41H45F3N8O5/c1-23-17-28(37-33(18-23)52(40(56)49(37)2)32-11-12-36(53)47-39(32)55)25-13-15-50(16-14-25)21-24-7-9-27(10-8-24)51-22-26-19-31(34(57-3)20-30(26)48-51)46-38(54)29-5-4-6-35(45-29)41(42,43)44/h4-6,17-20,22,24-25,27,32H,7-16,21H2,1-3H3,(H,46,54)(H,47,53,55). The smallest absolute Gasteiger partial charge is 0.433 e. The molecule has 1 atom stereocenters. The molecule has 1 unspecified atom stereocenters. The average Bonchev–Trinajstić information content (AvgIpc) is 3.71. The second kappa shape index (κ2) is 15.1. The Balaban J connectivity index is 0.887. The lowest BCUT2D eigenvalue weighted by Crippen LogP contribution is -2.44. The van der Waals surface area contributed by atoms with E-state index in [2.05, 4.69) is 26.6 Å². The second-order valence-electron chi connectivity index (χ2n) is 15.7. The third-order valence-electron chi connectivity index (χ3n) is 12.0. The molecule has 0 bridgehead atoms. The zero-order valence-electron chi connectivity index (χ0n) is 32.1. The van der Waals surface area contributed by atoms with E-state index in [9.17, 15) is 32.3 Å². The number of carbonyl (C=O) groups excluding carboxylic acids is 3. The fourth-order valence-electron chi connectivity index (χ4n) is 9.05. The van der Waals surface area contributed by atoms with E-state index in [1.165, 1.54) is 13.2 Å². The number of piperidine rings is 2.